The van der Waals surface area contributed by atoms with Gasteiger partial charge < -0.3 is 24.8 Å². The molecular formula is C12H20N2O5. The zero-order valence-corrected chi connectivity index (χ0v) is 10.8. The molecule has 2 unspecified atom stereocenters. The molecule has 0 radical (unpaired) electrons. The molecule has 2 aliphatic rings. The van der Waals surface area contributed by atoms with Crippen molar-refractivity contribution in [3.63, 3.8) is 0 Å². The van der Waals surface area contributed by atoms with Gasteiger partial charge in [0, 0.05) is 26.3 Å². The molecule has 0 aliphatic carbocycles. The van der Waals surface area contributed by atoms with Gasteiger partial charge in [0.05, 0.1) is 13.2 Å². The van der Waals surface area contributed by atoms with Crippen LogP contribution in [0.5, 0.6) is 0 Å². The molecule has 2 fully saturated rings. The molecule has 0 saturated carbocycles. The molecule has 0 spiro atoms. The van der Waals surface area contributed by atoms with Crippen LogP contribution in [-0.2, 0) is 14.3 Å². The molecular weight excluding hydrogens is 252 g/mol. The van der Waals surface area contributed by atoms with Crippen molar-refractivity contribution in [2.24, 2.45) is 5.92 Å². The lowest BCUT2D eigenvalue weighted by atomic mass is 10.1. The number of rotatable bonds is 4. The van der Waals surface area contributed by atoms with Gasteiger partial charge in [-0.05, 0) is 18.8 Å². The maximum atomic E-state index is 12.0. The van der Waals surface area contributed by atoms with Crippen LogP contribution in [0.3, 0.4) is 0 Å². The Hall–Kier alpha value is -1.34. The quantitative estimate of drug-likeness (QED) is 0.746. The Morgan fingerprint density at radius 3 is 2.74 bits per heavy atom. The zero-order valence-electron chi connectivity index (χ0n) is 10.8. The predicted molar refractivity (Wildman–Crippen MR) is 65.9 cm³/mol. The van der Waals surface area contributed by atoms with E-state index in [-0.39, 0.29) is 12.6 Å². The maximum absolute atomic E-state index is 12.0. The minimum absolute atomic E-state index is 0.0548. The lowest BCUT2D eigenvalue weighted by Crippen LogP contribution is -2.55. The predicted octanol–water partition coefficient (Wildman–Crippen LogP) is -0.0920. The number of aliphatic carboxylic acids is 1. The van der Waals surface area contributed by atoms with Gasteiger partial charge in [-0.1, -0.05) is 0 Å². The van der Waals surface area contributed by atoms with Gasteiger partial charge in [-0.2, -0.15) is 0 Å². The number of urea groups is 1. The first kappa shape index (κ1) is 14.1. The molecule has 108 valence electrons. The number of nitrogens with zero attached hydrogens (tertiary/aromatic N) is 1. The summed E-state index contributed by atoms with van der Waals surface area (Å²) in [6.07, 6.45) is 1.90. The Balaban J connectivity index is 1.75. The van der Waals surface area contributed by atoms with Gasteiger partial charge in [0.1, 0.15) is 0 Å². The maximum Gasteiger partial charge on any atom is 0.328 e. The van der Waals surface area contributed by atoms with Crippen LogP contribution >= 0.6 is 0 Å². The summed E-state index contributed by atoms with van der Waals surface area (Å²) in [4.78, 5) is 24.3. The van der Waals surface area contributed by atoms with Crippen molar-refractivity contribution in [3.8, 4) is 0 Å². The van der Waals surface area contributed by atoms with Gasteiger partial charge in [0.2, 0.25) is 0 Å². The van der Waals surface area contributed by atoms with Crippen molar-refractivity contribution < 1.29 is 24.2 Å². The number of carbonyl (C=O) groups is 2. The second-order valence-corrected chi connectivity index (χ2v) is 4.87. The molecule has 7 heteroatoms. The molecule has 0 aromatic heterocycles. The van der Waals surface area contributed by atoms with Gasteiger partial charge in [-0.25, -0.2) is 9.59 Å². The molecule has 2 aliphatic heterocycles. The average Bonchev–Trinajstić information content (AvgIpc) is 2.91. The van der Waals surface area contributed by atoms with Gasteiger partial charge in [-0.15, -0.1) is 0 Å². The Labute approximate surface area is 111 Å². The summed E-state index contributed by atoms with van der Waals surface area (Å²) >= 11 is 0. The molecule has 19 heavy (non-hydrogen) atoms. The van der Waals surface area contributed by atoms with Crippen LogP contribution in [0.4, 0.5) is 4.79 Å². The molecule has 2 N–H and O–H groups in total. The number of morpholine rings is 1. The van der Waals surface area contributed by atoms with Crippen molar-refractivity contribution in [1.82, 2.24) is 10.2 Å². The molecule has 0 aromatic rings. The second-order valence-electron chi connectivity index (χ2n) is 4.87. The van der Waals surface area contributed by atoms with E-state index in [2.05, 4.69) is 5.32 Å². The van der Waals surface area contributed by atoms with Crippen LogP contribution in [0.25, 0.3) is 0 Å². The van der Waals surface area contributed by atoms with E-state index in [0.717, 1.165) is 26.1 Å². The van der Waals surface area contributed by atoms with Crippen molar-refractivity contribution in [3.05, 3.63) is 0 Å². The summed E-state index contributed by atoms with van der Waals surface area (Å²) < 4.78 is 10.4. The van der Waals surface area contributed by atoms with Crippen LogP contribution in [0.2, 0.25) is 0 Å². The van der Waals surface area contributed by atoms with Crippen molar-refractivity contribution in [2.75, 3.05) is 39.5 Å². The Morgan fingerprint density at radius 2 is 2.05 bits per heavy atom. The highest BCUT2D eigenvalue weighted by atomic mass is 16.5. The number of hydrogen-bond donors (Lipinski definition) is 2. The van der Waals surface area contributed by atoms with Crippen molar-refractivity contribution >= 4 is 12.0 Å². The summed E-state index contributed by atoms with van der Waals surface area (Å²) in [5, 5.41) is 11.8. The first-order valence-corrected chi connectivity index (χ1v) is 6.61. The Kier molecular flexibility index (Phi) is 4.98. The SMILES string of the molecule is O=C(O)C1COCCN1C(=O)NCCC1CCOC1. The topological polar surface area (TPSA) is 88.1 Å². The standard InChI is InChI=1S/C12H20N2O5/c15-11(16)10-8-19-6-4-14(10)12(17)13-3-1-9-2-5-18-7-9/h9-10H,1-8H2,(H,13,17)(H,15,16). The van der Waals surface area contributed by atoms with E-state index in [0.29, 0.717) is 25.6 Å². The minimum Gasteiger partial charge on any atom is -0.480 e. The van der Waals surface area contributed by atoms with Crippen LogP contribution < -0.4 is 5.32 Å². The van der Waals surface area contributed by atoms with Crippen LogP contribution in [-0.4, -0.2) is 67.6 Å². The van der Waals surface area contributed by atoms with E-state index < -0.39 is 12.0 Å². The van der Waals surface area contributed by atoms with E-state index in [1.54, 1.807) is 0 Å². The third-order valence-electron chi connectivity index (χ3n) is 3.53. The summed E-state index contributed by atoms with van der Waals surface area (Å²) in [5.74, 6) is -0.528. The summed E-state index contributed by atoms with van der Waals surface area (Å²) in [6.45, 7) is 2.85. The second kappa shape index (κ2) is 6.72. The van der Waals surface area contributed by atoms with Crippen molar-refractivity contribution in [1.29, 1.82) is 0 Å². The smallest absolute Gasteiger partial charge is 0.328 e. The number of nitrogens with one attached hydrogen (secondary N) is 1. The summed E-state index contributed by atoms with van der Waals surface area (Å²) in [7, 11) is 0. The molecule has 0 aromatic carbocycles. The number of hydrogen-bond acceptors (Lipinski definition) is 4. The van der Waals surface area contributed by atoms with E-state index in [1.807, 2.05) is 0 Å². The van der Waals surface area contributed by atoms with E-state index in [9.17, 15) is 9.59 Å². The fourth-order valence-corrected chi connectivity index (χ4v) is 2.35. The molecule has 2 saturated heterocycles. The molecule has 2 amide bonds. The van der Waals surface area contributed by atoms with E-state index in [4.69, 9.17) is 14.6 Å². The van der Waals surface area contributed by atoms with Crippen molar-refractivity contribution in [2.45, 2.75) is 18.9 Å². The van der Waals surface area contributed by atoms with Gasteiger partial charge in [0.25, 0.3) is 0 Å². The lowest BCUT2D eigenvalue weighted by molar-refractivity contribution is -0.147. The lowest BCUT2D eigenvalue weighted by Gasteiger charge is -2.32. The van der Waals surface area contributed by atoms with Gasteiger partial charge in [-0.3, -0.25) is 0 Å². The molecule has 7 nitrogen and oxygen atoms in total. The number of carboxylic acids is 1. The van der Waals surface area contributed by atoms with Gasteiger partial charge >= 0.3 is 12.0 Å². The number of carbonyl (C=O) groups excluding carboxylic acids is 1. The zero-order chi connectivity index (χ0) is 13.7. The first-order valence-electron chi connectivity index (χ1n) is 6.61. The van der Waals surface area contributed by atoms with E-state index >= 15 is 0 Å². The van der Waals surface area contributed by atoms with Crippen LogP contribution in [0, 0.1) is 5.92 Å². The number of amides is 2. The number of carboxylic acid groups (broad SMARTS) is 1. The number of ether oxygens (including phenoxy) is 2. The highest BCUT2D eigenvalue weighted by molar-refractivity contribution is 5.82. The fourth-order valence-electron chi connectivity index (χ4n) is 2.35. The molecule has 2 rings (SSSR count). The van der Waals surface area contributed by atoms with Crippen LogP contribution in [0.15, 0.2) is 0 Å². The highest BCUT2D eigenvalue weighted by Crippen LogP contribution is 2.15. The molecule has 0 bridgehead atoms. The van der Waals surface area contributed by atoms with Crippen LogP contribution in [0.1, 0.15) is 12.8 Å². The van der Waals surface area contributed by atoms with E-state index in [1.165, 1.54) is 4.90 Å². The summed E-state index contributed by atoms with van der Waals surface area (Å²) in [5.41, 5.74) is 0. The third kappa shape index (κ3) is 3.81. The normalized spacial score (nSPS) is 27.3. The monoisotopic (exact) mass is 272 g/mol. The fraction of sp³-hybridized carbons (Fsp3) is 0.833. The molecule has 2 atom stereocenters. The van der Waals surface area contributed by atoms with Gasteiger partial charge in [0.15, 0.2) is 6.04 Å². The average molecular weight is 272 g/mol. The first-order chi connectivity index (χ1) is 9.18. The highest BCUT2D eigenvalue weighted by Gasteiger charge is 2.32. The Bertz CT molecular complexity index is 330. The minimum atomic E-state index is -1.03. The molecule has 2 heterocycles. The Morgan fingerprint density at radius 1 is 1.26 bits per heavy atom. The largest absolute Gasteiger partial charge is 0.480 e. The third-order valence-corrected chi connectivity index (χ3v) is 3.53. The summed E-state index contributed by atoms with van der Waals surface area (Å²) in [6, 6.07) is -1.21.